The molecule has 2 fully saturated rings. The van der Waals surface area contributed by atoms with Gasteiger partial charge in [0, 0.05) is 17.9 Å². The molecule has 1 saturated carbocycles. The maximum Gasteiger partial charge on any atom is 0.311 e. The summed E-state index contributed by atoms with van der Waals surface area (Å²) in [6.07, 6.45) is 2.37. The van der Waals surface area contributed by atoms with E-state index in [1.807, 2.05) is 37.3 Å². The molecule has 0 aromatic heterocycles. The van der Waals surface area contributed by atoms with Gasteiger partial charge in [-0.2, -0.15) is 0 Å². The largest absolute Gasteiger partial charge is 0.466 e. The molecule has 0 bridgehead atoms. The molecule has 3 rings (SSSR count). The standard InChI is InChI=1S/C23H28ClNO5/c1-4-29-23(28)20-17-11-16(12-30-14(3)26)13(2)19(17)22(27)25-21(20)18(24)10-15-8-6-5-7-9-15/h5-10,13,16-17,19-21H,4,11-12H2,1-3H3,(H,25,27)/b18-10-/t13-,16-,17-,19+,20+,21-/m1/s1. The maximum atomic E-state index is 13.0. The van der Waals surface area contributed by atoms with Crippen LogP contribution in [0.5, 0.6) is 0 Å². The Morgan fingerprint density at radius 3 is 2.57 bits per heavy atom. The third-order valence-corrected chi connectivity index (χ3v) is 6.57. The third kappa shape index (κ3) is 4.69. The Morgan fingerprint density at radius 1 is 1.23 bits per heavy atom. The van der Waals surface area contributed by atoms with Gasteiger partial charge in [0.25, 0.3) is 0 Å². The zero-order chi connectivity index (χ0) is 21.8. The summed E-state index contributed by atoms with van der Waals surface area (Å²) in [5, 5.41) is 3.36. The van der Waals surface area contributed by atoms with Gasteiger partial charge < -0.3 is 14.8 Å². The highest BCUT2D eigenvalue weighted by Crippen LogP contribution is 2.49. The van der Waals surface area contributed by atoms with Crippen LogP contribution in [-0.2, 0) is 23.9 Å². The Hall–Kier alpha value is -2.34. The van der Waals surface area contributed by atoms with Crippen LogP contribution < -0.4 is 5.32 Å². The van der Waals surface area contributed by atoms with Gasteiger partial charge in [0.15, 0.2) is 0 Å². The van der Waals surface area contributed by atoms with Gasteiger partial charge in [-0.1, -0.05) is 48.9 Å². The summed E-state index contributed by atoms with van der Waals surface area (Å²) in [6.45, 7) is 5.59. The van der Waals surface area contributed by atoms with Crippen molar-refractivity contribution in [3.8, 4) is 0 Å². The molecular weight excluding hydrogens is 406 g/mol. The molecule has 30 heavy (non-hydrogen) atoms. The number of carbonyl (C=O) groups is 3. The zero-order valence-electron chi connectivity index (χ0n) is 17.5. The fourth-order valence-electron chi connectivity index (χ4n) is 4.82. The number of amides is 1. The Kier molecular flexibility index (Phi) is 7.19. The Morgan fingerprint density at radius 2 is 1.93 bits per heavy atom. The van der Waals surface area contributed by atoms with Crippen molar-refractivity contribution < 1.29 is 23.9 Å². The smallest absolute Gasteiger partial charge is 0.311 e. The number of piperidine rings is 1. The van der Waals surface area contributed by atoms with Gasteiger partial charge in [-0.15, -0.1) is 0 Å². The molecule has 0 unspecified atom stereocenters. The lowest BCUT2D eigenvalue weighted by Gasteiger charge is -2.39. The van der Waals surface area contributed by atoms with Crippen molar-refractivity contribution in [3.05, 3.63) is 40.9 Å². The number of esters is 2. The first kappa shape index (κ1) is 22.3. The highest BCUT2D eigenvalue weighted by molar-refractivity contribution is 6.32. The van der Waals surface area contributed by atoms with E-state index >= 15 is 0 Å². The zero-order valence-corrected chi connectivity index (χ0v) is 18.2. The topological polar surface area (TPSA) is 81.7 Å². The van der Waals surface area contributed by atoms with E-state index in [1.54, 1.807) is 13.0 Å². The number of benzene rings is 1. The quantitative estimate of drug-likeness (QED) is 0.695. The summed E-state index contributed by atoms with van der Waals surface area (Å²) in [7, 11) is 0. The van der Waals surface area contributed by atoms with Gasteiger partial charge in [0.1, 0.15) is 0 Å². The van der Waals surface area contributed by atoms with E-state index < -0.39 is 12.0 Å². The first-order valence-electron chi connectivity index (χ1n) is 10.4. The summed E-state index contributed by atoms with van der Waals surface area (Å²) in [6, 6.07) is 8.85. The van der Waals surface area contributed by atoms with Gasteiger partial charge in [0.05, 0.1) is 25.2 Å². The van der Waals surface area contributed by atoms with Crippen molar-refractivity contribution in [2.45, 2.75) is 33.2 Å². The van der Waals surface area contributed by atoms with Gasteiger partial charge in [0.2, 0.25) is 5.91 Å². The molecule has 2 aliphatic rings. The molecule has 7 heteroatoms. The fraction of sp³-hybridized carbons (Fsp3) is 0.522. The SMILES string of the molecule is CCOC(=O)[C@H]1[C@@H]2C[C@H](COC(C)=O)[C@@H](C)[C@@H]2C(=O)N[C@@H]1/C(Cl)=C/c1ccccc1. The van der Waals surface area contributed by atoms with Crippen LogP contribution in [0.15, 0.2) is 35.4 Å². The first-order chi connectivity index (χ1) is 14.3. The average molecular weight is 434 g/mol. The van der Waals surface area contributed by atoms with Crippen LogP contribution in [-0.4, -0.2) is 37.1 Å². The van der Waals surface area contributed by atoms with E-state index in [0.29, 0.717) is 11.5 Å². The molecule has 1 aromatic carbocycles. The summed E-state index contributed by atoms with van der Waals surface area (Å²) < 4.78 is 10.6. The molecule has 1 heterocycles. The predicted octanol–water partition coefficient (Wildman–Crippen LogP) is 3.40. The lowest BCUT2D eigenvalue weighted by atomic mass is 9.73. The lowest BCUT2D eigenvalue weighted by molar-refractivity contribution is -0.155. The first-order valence-corrected chi connectivity index (χ1v) is 10.7. The molecular formula is C23H28ClNO5. The number of ether oxygens (including phenoxy) is 2. The summed E-state index contributed by atoms with van der Waals surface area (Å²) in [5.74, 6) is -2.03. The van der Waals surface area contributed by atoms with Crippen LogP contribution in [0.2, 0.25) is 0 Å². The average Bonchev–Trinajstić information content (AvgIpc) is 3.03. The molecule has 1 aliphatic heterocycles. The minimum atomic E-state index is -0.653. The summed E-state index contributed by atoms with van der Waals surface area (Å²) in [4.78, 5) is 37.2. The summed E-state index contributed by atoms with van der Waals surface area (Å²) >= 11 is 6.63. The summed E-state index contributed by atoms with van der Waals surface area (Å²) in [5.41, 5.74) is 0.883. The normalized spacial score (nSPS) is 30.9. The van der Waals surface area contributed by atoms with E-state index in [0.717, 1.165) is 5.56 Å². The molecule has 1 aliphatic carbocycles. The van der Waals surface area contributed by atoms with Crippen LogP contribution in [0.4, 0.5) is 0 Å². The fourth-order valence-corrected chi connectivity index (χ4v) is 5.13. The highest BCUT2D eigenvalue weighted by Gasteiger charge is 2.56. The maximum absolute atomic E-state index is 13.0. The lowest BCUT2D eigenvalue weighted by Crippen LogP contribution is -2.56. The Labute approximate surface area is 181 Å². The molecule has 0 spiro atoms. The van der Waals surface area contributed by atoms with E-state index in [9.17, 15) is 14.4 Å². The van der Waals surface area contributed by atoms with Gasteiger partial charge in [-0.25, -0.2) is 0 Å². The molecule has 1 saturated heterocycles. The van der Waals surface area contributed by atoms with Gasteiger partial charge in [-0.3, -0.25) is 14.4 Å². The van der Waals surface area contributed by atoms with Crippen LogP contribution >= 0.6 is 11.6 Å². The molecule has 6 atom stereocenters. The van der Waals surface area contributed by atoms with Crippen LogP contribution in [0.25, 0.3) is 6.08 Å². The van der Waals surface area contributed by atoms with Crippen LogP contribution in [0.3, 0.4) is 0 Å². The second kappa shape index (κ2) is 9.65. The van der Waals surface area contributed by atoms with E-state index in [4.69, 9.17) is 21.1 Å². The number of fused-ring (bicyclic) bond motifs is 1. The Bertz CT molecular complexity index is 824. The Balaban J connectivity index is 1.91. The second-order valence-corrected chi connectivity index (χ2v) is 8.49. The number of nitrogens with one attached hydrogen (secondary N) is 1. The van der Waals surface area contributed by atoms with E-state index in [2.05, 4.69) is 5.32 Å². The van der Waals surface area contributed by atoms with Gasteiger partial charge >= 0.3 is 11.9 Å². The van der Waals surface area contributed by atoms with Crippen molar-refractivity contribution in [1.82, 2.24) is 5.32 Å². The minimum Gasteiger partial charge on any atom is -0.466 e. The number of carbonyl (C=O) groups excluding carboxylic acids is 3. The molecule has 0 radical (unpaired) electrons. The molecule has 1 N–H and O–H groups in total. The van der Waals surface area contributed by atoms with Crippen molar-refractivity contribution >= 4 is 35.5 Å². The van der Waals surface area contributed by atoms with E-state index in [1.165, 1.54) is 6.92 Å². The van der Waals surface area contributed by atoms with E-state index in [-0.39, 0.29) is 54.7 Å². The van der Waals surface area contributed by atoms with Crippen molar-refractivity contribution in [2.75, 3.05) is 13.2 Å². The van der Waals surface area contributed by atoms with Gasteiger partial charge in [-0.05, 0) is 42.7 Å². The van der Waals surface area contributed by atoms with Crippen LogP contribution in [0, 0.1) is 29.6 Å². The van der Waals surface area contributed by atoms with Crippen molar-refractivity contribution in [3.63, 3.8) is 0 Å². The molecule has 162 valence electrons. The third-order valence-electron chi connectivity index (χ3n) is 6.23. The predicted molar refractivity (Wildman–Crippen MR) is 113 cm³/mol. The van der Waals surface area contributed by atoms with Crippen molar-refractivity contribution in [1.29, 1.82) is 0 Å². The highest BCUT2D eigenvalue weighted by atomic mass is 35.5. The minimum absolute atomic E-state index is 0.00204. The van der Waals surface area contributed by atoms with Crippen molar-refractivity contribution in [2.24, 2.45) is 29.6 Å². The number of hydrogen-bond acceptors (Lipinski definition) is 5. The molecule has 1 aromatic rings. The van der Waals surface area contributed by atoms with Crippen LogP contribution in [0.1, 0.15) is 32.8 Å². The monoisotopic (exact) mass is 433 g/mol. The molecule has 6 nitrogen and oxygen atoms in total. The number of halogens is 1. The second-order valence-electron chi connectivity index (χ2n) is 8.05. The molecule has 1 amide bonds. The number of hydrogen-bond donors (Lipinski definition) is 1. The number of rotatable bonds is 6.